The van der Waals surface area contributed by atoms with Crippen LogP contribution in [0.4, 0.5) is 5.82 Å². The van der Waals surface area contributed by atoms with E-state index in [9.17, 15) is 0 Å². The lowest BCUT2D eigenvalue weighted by molar-refractivity contribution is 0.326. The molecule has 6 nitrogen and oxygen atoms in total. The monoisotopic (exact) mass is 303 g/mol. The fourth-order valence-electron chi connectivity index (χ4n) is 2.03. The second-order valence-corrected chi connectivity index (χ2v) is 4.54. The molecule has 1 aromatic heterocycles. The Hall–Kier alpha value is -2.50. The summed E-state index contributed by atoms with van der Waals surface area (Å²) in [7, 11) is 3.26. The Balaban J connectivity index is 1.92. The van der Waals surface area contributed by atoms with Crippen LogP contribution < -0.4 is 19.5 Å². The van der Waals surface area contributed by atoms with Crippen molar-refractivity contribution in [3.05, 3.63) is 36.2 Å². The standard InChI is InChI=1S/C16H21N3O3/c1-4-22-16-10-15(18-11-19-16)17-8-7-12-5-6-13(20-2)14(9-12)21-3/h5-6,9-11H,4,7-8H2,1-3H3,(H,17,18,19). The van der Waals surface area contributed by atoms with Crippen LogP contribution in [0.3, 0.4) is 0 Å². The van der Waals surface area contributed by atoms with E-state index in [2.05, 4.69) is 15.3 Å². The fraction of sp³-hybridized carbons (Fsp3) is 0.375. The molecule has 0 aliphatic heterocycles. The van der Waals surface area contributed by atoms with Gasteiger partial charge in [-0.3, -0.25) is 0 Å². The number of nitrogens with zero attached hydrogens (tertiary/aromatic N) is 2. The average molecular weight is 303 g/mol. The van der Waals surface area contributed by atoms with Gasteiger partial charge in [0.1, 0.15) is 12.1 Å². The van der Waals surface area contributed by atoms with Crippen molar-refractivity contribution in [2.75, 3.05) is 32.7 Å². The zero-order valence-corrected chi connectivity index (χ0v) is 13.1. The third-order valence-electron chi connectivity index (χ3n) is 3.10. The molecule has 0 unspecified atom stereocenters. The second-order valence-electron chi connectivity index (χ2n) is 4.54. The van der Waals surface area contributed by atoms with Crippen LogP contribution in [0.1, 0.15) is 12.5 Å². The summed E-state index contributed by atoms with van der Waals surface area (Å²) in [6.07, 6.45) is 2.33. The van der Waals surface area contributed by atoms with Crippen molar-refractivity contribution in [1.29, 1.82) is 0 Å². The number of hydrogen-bond donors (Lipinski definition) is 1. The molecule has 0 fully saturated rings. The molecule has 22 heavy (non-hydrogen) atoms. The maximum Gasteiger partial charge on any atom is 0.218 e. The Morgan fingerprint density at radius 3 is 2.59 bits per heavy atom. The molecule has 0 amide bonds. The van der Waals surface area contributed by atoms with Crippen molar-refractivity contribution in [2.45, 2.75) is 13.3 Å². The number of methoxy groups -OCH3 is 2. The SMILES string of the molecule is CCOc1cc(NCCc2ccc(OC)c(OC)c2)ncn1. The van der Waals surface area contributed by atoms with E-state index in [0.29, 0.717) is 12.5 Å². The molecule has 1 heterocycles. The molecule has 0 saturated carbocycles. The van der Waals surface area contributed by atoms with Crippen LogP contribution in [-0.2, 0) is 6.42 Å². The highest BCUT2D eigenvalue weighted by molar-refractivity contribution is 5.43. The molecule has 0 saturated heterocycles. The fourth-order valence-corrected chi connectivity index (χ4v) is 2.03. The van der Waals surface area contributed by atoms with Gasteiger partial charge < -0.3 is 19.5 Å². The smallest absolute Gasteiger partial charge is 0.218 e. The Morgan fingerprint density at radius 2 is 1.86 bits per heavy atom. The lowest BCUT2D eigenvalue weighted by Gasteiger charge is -2.10. The van der Waals surface area contributed by atoms with Gasteiger partial charge in [0.25, 0.3) is 0 Å². The summed E-state index contributed by atoms with van der Waals surface area (Å²) in [4.78, 5) is 8.20. The first-order valence-corrected chi connectivity index (χ1v) is 7.16. The molecular weight excluding hydrogens is 282 g/mol. The predicted octanol–water partition coefficient (Wildman–Crippen LogP) is 2.55. The van der Waals surface area contributed by atoms with E-state index in [1.807, 2.05) is 25.1 Å². The summed E-state index contributed by atoms with van der Waals surface area (Å²) < 4.78 is 15.9. The molecule has 118 valence electrons. The van der Waals surface area contributed by atoms with Crippen LogP contribution in [0.2, 0.25) is 0 Å². The van der Waals surface area contributed by atoms with Gasteiger partial charge in [-0.2, -0.15) is 0 Å². The number of benzene rings is 1. The number of hydrogen-bond acceptors (Lipinski definition) is 6. The maximum absolute atomic E-state index is 5.35. The number of anilines is 1. The normalized spacial score (nSPS) is 10.1. The van der Waals surface area contributed by atoms with Gasteiger partial charge in [0.15, 0.2) is 11.5 Å². The summed E-state index contributed by atoms with van der Waals surface area (Å²) in [6, 6.07) is 7.70. The molecule has 2 aromatic rings. The average Bonchev–Trinajstić information content (AvgIpc) is 2.55. The molecule has 2 rings (SSSR count). The van der Waals surface area contributed by atoms with Crippen molar-refractivity contribution in [1.82, 2.24) is 9.97 Å². The van der Waals surface area contributed by atoms with E-state index in [0.717, 1.165) is 35.8 Å². The molecule has 1 N–H and O–H groups in total. The second kappa shape index (κ2) is 8.07. The molecule has 0 spiro atoms. The molecule has 1 aromatic carbocycles. The van der Waals surface area contributed by atoms with E-state index in [-0.39, 0.29) is 0 Å². The molecule has 0 aliphatic carbocycles. The first-order chi connectivity index (χ1) is 10.8. The predicted molar refractivity (Wildman–Crippen MR) is 84.9 cm³/mol. The lowest BCUT2D eigenvalue weighted by atomic mass is 10.1. The summed E-state index contributed by atoms with van der Waals surface area (Å²) in [6.45, 7) is 3.26. The summed E-state index contributed by atoms with van der Waals surface area (Å²) in [5.74, 6) is 2.79. The summed E-state index contributed by atoms with van der Waals surface area (Å²) in [5.41, 5.74) is 1.16. The number of nitrogens with one attached hydrogen (secondary N) is 1. The third-order valence-corrected chi connectivity index (χ3v) is 3.10. The Kier molecular flexibility index (Phi) is 5.82. The van der Waals surface area contributed by atoms with E-state index < -0.39 is 0 Å². The van der Waals surface area contributed by atoms with Crippen LogP contribution in [0, 0.1) is 0 Å². The quantitative estimate of drug-likeness (QED) is 0.808. The zero-order valence-electron chi connectivity index (χ0n) is 13.1. The van der Waals surface area contributed by atoms with Crippen LogP contribution in [0.15, 0.2) is 30.6 Å². The van der Waals surface area contributed by atoms with E-state index in [1.54, 1.807) is 20.3 Å². The van der Waals surface area contributed by atoms with Crippen molar-refractivity contribution < 1.29 is 14.2 Å². The van der Waals surface area contributed by atoms with Gasteiger partial charge in [0.2, 0.25) is 5.88 Å². The van der Waals surface area contributed by atoms with Crippen LogP contribution in [-0.4, -0.2) is 37.3 Å². The number of ether oxygens (including phenoxy) is 3. The van der Waals surface area contributed by atoms with Gasteiger partial charge in [-0.15, -0.1) is 0 Å². The minimum absolute atomic E-state index is 0.575. The minimum atomic E-state index is 0.575. The highest BCUT2D eigenvalue weighted by Gasteiger charge is 2.05. The van der Waals surface area contributed by atoms with Gasteiger partial charge in [-0.25, -0.2) is 9.97 Å². The van der Waals surface area contributed by atoms with Crippen molar-refractivity contribution >= 4 is 5.82 Å². The van der Waals surface area contributed by atoms with E-state index >= 15 is 0 Å². The van der Waals surface area contributed by atoms with Gasteiger partial charge in [-0.1, -0.05) is 6.07 Å². The highest BCUT2D eigenvalue weighted by atomic mass is 16.5. The Bertz CT molecular complexity index is 605. The van der Waals surface area contributed by atoms with Crippen LogP contribution in [0.25, 0.3) is 0 Å². The third kappa shape index (κ3) is 4.25. The maximum atomic E-state index is 5.35. The Morgan fingerprint density at radius 1 is 1.05 bits per heavy atom. The Labute approximate surface area is 130 Å². The van der Waals surface area contributed by atoms with Crippen molar-refractivity contribution in [3.63, 3.8) is 0 Å². The molecule has 0 atom stereocenters. The van der Waals surface area contributed by atoms with Crippen molar-refractivity contribution in [2.24, 2.45) is 0 Å². The van der Waals surface area contributed by atoms with Crippen molar-refractivity contribution in [3.8, 4) is 17.4 Å². The lowest BCUT2D eigenvalue weighted by Crippen LogP contribution is -2.07. The number of rotatable bonds is 8. The molecule has 0 aliphatic rings. The molecule has 6 heteroatoms. The van der Waals surface area contributed by atoms with Gasteiger partial charge in [-0.05, 0) is 31.0 Å². The van der Waals surface area contributed by atoms with E-state index in [4.69, 9.17) is 14.2 Å². The van der Waals surface area contributed by atoms with Gasteiger partial charge >= 0.3 is 0 Å². The summed E-state index contributed by atoms with van der Waals surface area (Å²) in [5, 5.41) is 3.25. The summed E-state index contributed by atoms with van der Waals surface area (Å²) >= 11 is 0. The van der Waals surface area contributed by atoms with E-state index in [1.165, 1.54) is 6.33 Å². The zero-order chi connectivity index (χ0) is 15.8. The molecular formula is C16H21N3O3. The molecule has 0 radical (unpaired) electrons. The van der Waals surface area contributed by atoms with Crippen LogP contribution in [0.5, 0.6) is 17.4 Å². The first kappa shape index (κ1) is 15.9. The molecule has 0 bridgehead atoms. The topological polar surface area (TPSA) is 65.5 Å². The largest absolute Gasteiger partial charge is 0.493 e. The highest BCUT2D eigenvalue weighted by Crippen LogP contribution is 2.27. The van der Waals surface area contributed by atoms with Crippen LogP contribution >= 0.6 is 0 Å². The minimum Gasteiger partial charge on any atom is -0.493 e. The first-order valence-electron chi connectivity index (χ1n) is 7.16. The van der Waals surface area contributed by atoms with Gasteiger partial charge in [0.05, 0.1) is 20.8 Å². The van der Waals surface area contributed by atoms with Gasteiger partial charge in [0, 0.05) is 12.6 Å². The number of aromatic nitrogens is 2.